The second-order valence-corrected chi connectivity index (χ2v) is 6.77. The highest BCUT2D eigenvalue weighted by Gasteiger charge is 2.14. The molecule has 0 aliphatic carbocycles. The zero-order valence-corrected chi connectivity index (χ0v) is 13.8. The van der Waals surface area contributed by atoms with Crippen LogP contribution in [0.1, 0.15) is 38.4 Å². The largest absolute Gasteiger partial charge is 0.469 e. The SMILES string of the molecule is CCCCNC(=NCC1CCCS1)NCCc1ccco1. The molecule has 2 rings (SSSR count). The zero-order valence-electron chi connectivity index (χ0n) is 12.9. The first-order valence-corrected chi connectivity index (χ1v) is 9.09. The lowest BCUT2D eigenvalue weighted by Crippen LogP contribution is -2.39. The molecule has 0 radical (unpaired) electrons. The summed E-state index contributed by atoms with van der Waals surface area (Å²) in [6.45, 7) is 4.97. The summed E-state index contributed by atoms with van der Waals surface area (Å²) in [6.07, 6.45) is 7.64. The third-order valence-corrected chi connectivity index (χ3v) is 4.92. The van der Waals surface area contributed by atoms with Crippen molar-refractivity contribution in [2.24, 2.45) is 4.99 Å². The van der Waals surface area contributed by atoms with Crippen molar-refractivity contribution in [3.05, 3.63) is 24.2 Å². The number of nitrogens with zero attached hydrogens (tertiary/aromatic N) is 1. The van der Waals surface area contributed by atoms with Crippen molar-refractivity contribution >= 4 is 17.7 Å². The molecule has 1 saturated heterocycles. The second-order valence-electron chi connectivity index (χ2n) is 5.36. The van der Waals surface area contributed by atoms with E-state index in [1.165, 1.54) is 31.4 Å². The number of hydrogen-bond acceptors (Lipinski definition) is 3. The fraction of sp³-hybridized carbons (Fsp3) is 0.688. The Bertz CT molecular complexity index is 400. The highest BCUT2D eigenvalue weighted by molar-refractivity contribution is 8.00. The molecule has 1 fully saturated rings. The minimum absolute atomic E-state index is 0.708. The van der Waals surface area contributed by atoms with Crippen molar-refractivity contribution in [2.75, 3.05) is 25.4 Å². The number of rotatable bonds is 8. The molecule has 2 N–H and O–H groups in total. The first kappa shape index (κ1) is 16.3. The van der Waals surface area contributed by atoms with Gasteiger partial charge in [-0.05, 0) is 37.1 Å². The maximum absolute atomic E-state index is 5.35. The Morgan fingerprint density at radius 1 is 1.43 bits per heavy atom. The summed E-state index contributed by atoms with van der Waals surface area (Å²) >= 11 is 2.06. The molecule has 4 nitrogen and oxygen atoms in total. The van der Waals surface area contributed by atoms with Crippen molar-refractivity contribution < 1.29 is 4.42 Å². The third kappa shape index (κ3) is 6.46. The summed E-state index contributed by atoms with van der Waals surface area (Å²) in [5, 5.41) is 7.54. The van der Waals surface area contributed by atoms with Gasteiger partial charge in [-0.1, -0.05) is 13.3 Å². The number of aliphatic imine (C=N–C) groups is 1. The molecule has 1 unspecified atom stereocenters. The first-order valence-electron chi connectivity index (χ1n) is 8.04. The van der Waals surface area contributed by atoms with Gasteiger partial charge in [-0.2, -0.15) is 11.8 Å². The van der Waals surface area contributed by atoms with E-state index in [1.807, 2.05) is 12.1 Å². The number of guanidine groups is 1. The predicted molar refractivity (Wildman–Crippen MR) is 91.1 cm³/mol. The van der Waals surface area contributed by atoms with E-state index in [1.54, 1.807) is 6.26 Å². The number of unbranched alkanes of at least 4 members (excludes halogenated alkanes) is 1. The van der Waals surface area contributed by atoms with E-state index in [0.29, 0.717) is 5.25 Å². The highest BCUT2D eigenvalue weighted by atomic mass is 32.2. The van der Waals surface area contributed by atoms with E-state index in [-0.39, 0.29) is 0 Å². The molecule has 1 aromatic heterocycles. The molecular formula is C16H27N3OS. The van der Waals surface area contributed by atoms with E-state index in [9.17, 15) is 0 Å². The van der Waals surface area contributed by atoms with Crippen LogP contribution in [-0.2, 0) is 6.42 Å². The normalized spacial score (nSPS) is 18.9. The van der Waals surface area contributed by atoms with Crippen molar-refractivity contribution in [1.82, 2.24) is 10.6 Å². The number of furan rings is 1. The predicted octanol–water partition coefficient (Wildman–Crippen LogP) is 3.05. The summed E-state index contributed by atoms with van der Waals surface area (Å²) < 4.78 is 5.35. The van der Waals surface area contributed by atoms with Crippen LogP contribution in [0.15, 0.2) is 27.8 Å². The maximum atomic E-state index is 5.35. The van der Waals surface area contributed by atoms with Gasteiger partial charge in [-0.3, -0.25) is 4.99 Å². The summed E-state index contributed by atoms with van der Waals surface area (Å²) in [4.78, 5) is 4.74. The lowest BCUT2D eigenvalue weighted by atomic mass is 10.2. The van der Waals surface area contributed by atoms with Gasteiger partial charge in [0.25, 0.3) is 0 Å². The van der Waals surface area contributed by atoms with Crippen molar-refractivity contribution in [3.63, 3.8) is 0 Å². The van der Waals surface area contributed by atoms with E-state index in [2.05, 4.69) is 29.3 Å². The van der Waals surface area contributed by atoms with Crippen LogP contribution in [0.2, 0.25) is 0 Å². The molecule has 1 aromatic rings. The van der Waals surface area contributed by atoms with Gasteiger partial charge < -0.3 is 15.1 Å². The van der Waals surface area contributed by atoms with Crippen molar-refractivity contribution in [2.45, 2.75) is 44.3 Å². The van der Waals surface area contributed by atoms with Crippen molar-refractivity contribution in [3.8, 4) is 0 Å². The summed E-state index contributed by atoms with van der Waals surface area (Å²) in [5.41, 5.74) is 0. The van der Waals surface area contributed by atoms with Gasteiger partial charge in [0.1, 0.15) is 5.76 Å². The van der Waals surface area contributed by atoms with Gasteiger partial charge in [-0.25, -0.2) is 0 Å². The van der Waals surface area contributed by atoms with E-state index in [0.717, 1.165) is 37.8 Å². The van der Waals surface area contributed by atoms with Crippen LogP contribution < -0.4 is 10.6 Å². The Labute approximate surface area is 132 Å². The Morgan fingerprint density at radius 2 is 2.33 bits per heavy atom. The molecule has 5 heteroatoms. The van der Waals surface area contributed by atoms with Gasteiger partial charge in [0.2, 0.25) is 0 Å². The molecule has 1 aliphatic heterocycles. The van der Waals surface area contributed by atoms with E-state index < -0.39 is 0 Å². The minimum atomic E-state index is 0.708. The lowest BCUT2D eigenvalue weighted by molar-refractivity contribution is 0.506. The van der Waals surface area contributed by atoms with Crippen LogP contribution in [0.3, 0.4) is 0 Å². The molecular weight excluding hydrogens is 282 g/mol. The smallest absolute Gasteiger partial charge is 0.191 e. The van der Waals surface area contributed by atoms with Gasteiger partial charge in [0, 0.05) is 24.8 Å². The van der Waals surface area contributed by atoms with Crippen LogP contribution >= 0.6 is 11.8 Å². The number of hydrogen-bond donors (Lipinski definition) is 2. The summed E-state index contributed by atoms with van der Waals surface area (Å²) in [5.74, 6) is 3.26. The van der Waals surface area contributed by atoms with Crippen LogP contribution in [0.5, 0.6) is 0 Å². The second kappa shape index (κ2) is 9.77. The van der Waals surface area contributed by atoms with Crippen LogP contribution in [0.4, 0.5) is 0 Å². The first-order chi connectivity index (χ1) is 10.4. The summed E-state index contributed by atoms with van der Waals surface area (Å²) in [6, 6.07) is 3.94. The molecule has 0 saturated carbocycles. The Hall–Kier alpha value is -1.10. The Kier molecular flexibility index (Phi) is 7.57. The maximum Gasteiger partial charge on any atom is 0.191 e. The quantitative estimate of drug-likeness (QED) is 0.440. The van der Waals surface area contributed by atoms with Crippen molar-refractivity contribution in [1.29, 1.82) is 0 Å². The monoisotopic (exact) mass is 309 g/mol. The lowest BCUT2D eigenvalue weighted by Gasteiger charge is -2.13. The Morgan fingerprint density at radius 3 is 3.05 bits per heavy atom. The highest BCUT2D eigenvalue weighted by Crippen LogP contribution is 2.25. The average Bonchev–Trinajstić information content (AvgIpc) is 3.18. The topological polar surface area (TPSA) is 49.6 Å². The standard InChI is InChI=1S/C16H27N3OS/c1-2-3-9-17-16(19-13-15-7-5-12-21-15)18-10-8-14-6-4-11-20-14/h4,6,11,15H,2-3,5,7-10,12-13H2,1H3,(H2,17,18,19). The zero-order chi connectivity index (χ0) is 14.8. The molecule has 0 bridgehead atoms. The molecule has 21 heavy (non-hydrogen) atoms. The molecule has 1 aliphatic rings. The molecule has 1 atom stereocenters. The average molecular weight is 309 g/mol. The van der Waals surface area contributed by atoms with Crippen LogP contribution in [-0.4, -0.2) is 36.6 Å². The van der Waals surface area contributed by atoms with Crippen LogP contribution in [0.25, 0.3) is 0 Å². The fourth-order valence-electron chi connectivity index (χ4n) is 2.30. The van der Waals surface area contributed by atoms with E-state index >= 15 is 0 Å². The molecule has 0 spiro atoms. The molecule has 2 heterocycles. The molecule has 0 aromatic carbocycles. The summed E-state index contributed by atoms with van der Waals surface area (Å²) in [7, 11) is 0. The van der Waals surface area contributed by atoms with Gasteiger partial charge in [-0.15, -0.1) is 0 Å². The van der Waals surface area contributed by atoms with E-state index in [4.69, 9.17) is 9.41 Å². The number of nitrogens with one attached hydrogen (secondary N) is 2. The van der Waals surface area contributed by atoms with Gasteiger partial charge >= 0.3 is 0 Å². The minimum Gasteiger partial charge on any atom is -0.469 e. The molecule has 118 valence electrons. The van der Waals surface area contributed by atoms with Gasteiger partial charge in [0.05, 0.1) is 12.8 Å². The third-order valence-electron chi connectivity index (χ3n) is 3.54. The van der Waals surface area contributed by atoms with Crippen LogP contribution in [0, 0.1) is 0 Å². The fourth-order valence-corrected chi connectivity index (χ4v) is 3.48. The number of thioether (sulfide) groups is 1. The Balaban J connectivity index is 1.74. The van der Waals surface area contributed by atoms with Gasteiger partial charge in [0.15, 0.2) is 5.96 Å². The molecule has 0 amide bonds.